The molecule has 0 spiro atoms. The zero-order valence-electron chi connectivity index (χ0n) is 13.4. The molecule has 7 heteroatoms. The van der Waals surface area contributed by atoms with Gasteiger partial charge in [-0.3, -0.25) is 9.89 Å². The molecule has 1 fully saturated rings. The number of carbonyl (C=O) groups is 1. The SMILES string of the molecule is O=C(CSc1n[nH]c(C2CCCC2)n1)NCCc1ccc(F)cc1. The molecule has 1 aliphatic carbocycles. The van der Waals surface area contributed by atoms with E-state index in [-0.39, 0.29) is 11.7 Å². The van der Waals surface area contributed by atoms with Gasteiger partial charge in [-0.05, 0) is 37.0 Å². The van der Waals surface area contributed by atoms with Crippen LogP contribution < -0.4 is 5.32 Å². The summed E-state index contributed by atoms with van der Waals surface area (Å²) in [5.41, 5.74) is 1.000. The highest BCUT2D eigenvalue weighted by Gasteiger charge is 2.20. The number of thioether (sulfide) groups is 1. The number of hydrogen-bond acceptors (Lipinski definition) is 4. The maximum Gasteiger partial charge on any atom is 0.230 e. The van der Waals surface area contributed by atoms with Crippen LogP contribution in [-0.4, -0.2) is 33.4 Å². The second-order valence-electron chi connectivity index (χ2n) is 6.00. The molecule has 0 unspecified atom stereocenters. The van der Waals surface area contributed by atoms with Gasteiger partial charge in [0.15, 0.2) is 0 Å². The van der Waals surface area contributed by atoms with Gasteiger partial charge in [-0.15, -0.1) is 5.10 Å². The van der Waals surface area contributed by atoms with Crippen molar-refractivity contribution in [1.82, 2.24) is 20.5 Å². The Balaban J connectivity index is 1.37. The molecule has 0 aliphatic heterocycles. The van der Waals surface area contributed by atoms with Crippen LogP contribution in [-0.2, 0) is 11.2 Å². The van der Waals surface area contributed by atoms with Crippen molar-refractivity contribution in [2.45, 2.75) is 43.2 Å². The number of carbonyl (C=O) groups excluding carboxylic acids is 1. The lowest BCUT2D eigenvalue weighted by Gasteiger charge is -2.04. The third-order valence-electron chi connectivity index (χ3n) is 4.21. The van der Waals surface area contributed by atoms with Crippen LogP contribution >= 0.6 is 11.8 Å². The second kappa shape index (κ2) is 8.28. The van der Waals surface area contributed by atoms with E-state index < -0.39 is 0 Å². The highest BCUT2D eigenvalue weighted by atomic mass is 32.2. The van der Waals surface area contributed by atoms with E-state index >= 15 is 0 Å². The fraction of sp³-hybridized carbons (Fsp3) is 0.471. The van der Waals surface area contributed by atoms with Gasteiger partial charge in [0, 0.05) is 12.5 Å². The van der Waals surface area contributed by atoms with E-state index in [4.69, 9.17) is 0 Å². The predicted molar refractivity (Wildman–Crippen MR) is 91.4 cm³/mol. The molecule has 2 N–H and O–H groups in total. The van der Waals surface area contributed by atoms with E-state index in [0.29, 0.717) is 29.8 Å². The van der Waals surface area contributed by atoms with Crippen LogP contribution in [0.3, 0.4) is 0 Å². The Labute approximate surface area is 144 Å². The monoisotopic (exact) mass is 348 g/mol. The number of aromatic amines is 1. The van der Waals surface area contributed by atoms with Crippen molar-refractivity contribution in [3.05, 3.63) is 41.5 Å². The molecular weight excluding hydrogens is 327 g/mol. The van der Waals surface area contributed by atoms with Gasteiger partial charge in [-0.25, -0.2) is 9.37 Å². The van der Waals surface area contributed by atoms with Crippen molar-refractivity contribution in [3.63, 3.8) is 0 Å². The maximum atomic E-state index is 12.8. The Bertz CT molecular complexity index is 667. The van der Waals surface area contributed by atoms with Crippen molar-refractivity contribution in [1.29, 1.82) is 0 Å². The Kier molecular flexibility index (Phi) is 5.85. The Morgan fingerprint density at radius 3 is 2.79 bits per heavy atom. The van der Waals surface area contributed by atoms with E-state index in [0.717, 1.165) is 11.4 Å². The number of hydrogen-bond donors (Lipinski definition) is 2. The molecule has 0 atom stereocenters. The van der Waals surface area contributed by atoms with E-state index in [1.807, 2.05) is 0 Å². The summed E-state index contributed by atoms with van der Waals surface area (Å²) in [6, 6.07) is 6.32. The van der Waals surface area contributed by atoms with E-state index in [1.54, 1.807) is 12.1 Å². The lowest BCUT2D eigenvalue weighted by molar-refractivity contribution is -0.118. The predicted octanol–water partition coefficient (Wildman–Crippen LogP) is 3.05. The van der Waals surface area contributed by atoms with Gasteiger partial charge in [0.1, 0.15) is 11.6 Å². The normalized spacial score (nSPS) is 14.9. The second-order valence-corrected chi connectivity index (χ2v) is 6.94. The fourth-order valence-corrected chi connectivity index (χ4v) is 3.52. The van der Waals surface area contributed by atoms with Crippen molar-refractivity contribution >= 4 is 17.7 Å². The summed E-state index contributed by atoms with van der Waals surface area (Å²) in [5.74, 6) is 1.45. The molecule has 5 nitrogen and oxygen atoms in total. The minimum Gasteiger partial charge on any atom is -0.355 e. The van der Waals surface area contributed by atoms with Gasteiger partial charge in [-0.2, -0.15) is 0 Å². The molecule has 1 saturated carbocycles. The summed E-state index contributed by atoms with van der Waals surface area (Å²) in [7, 11) is 0. The average molecular weight is 348 g/mol. The van der Waals surface area contributed by atoms with Gasteiger partial charge in [-0.1, -0.05) is 36.7 Å². The Hall–Kier alpha value is -1.89. The van der Waals surface area contributed by atoms with Crippen molar-refractivity contribution in [2.75, 3.05) is 12.3 Å². The van der Waals surface area contributed by atoms with Crippen molar-refractivity contribution in [2.24, 2.45) is 0 Å². The first kappa shape index (κ1) is 17.0. The largest absolute Gasteiger partial charge is 0.355 e. The number of amides is 1. The topological polar surface area (TPSA) is 70.7 Å². The lowest BCUT2D eigenvalue weighted by Crippen LogP contribution is -2.27. The number of H-pyrrole nitrogens is 1. The third kappa shape index (κ3) is 4.80. The van der Waals surface area contributed by atoms with Gasteiger partial charge in [0.25, 0.3) is 0 Å². The molecule has 1 aliphatic rings. The summed E-state index contributed by atoms with van der Waals surface area (Å²) >= 11 is 1.34. The van der Waals surface area contributed by atoms with Gasteiger partial charge in [0.2, 0.25) is 11.1 Å². The molecule has 128 valence electrons. The van der Waals surface area contributed by atoms with Crippen LogP contribution in [0.4, 0.5) is 4.39 Å². The van der Waals surface area contributed by atoms with Crippen LogP contribution in [0.2, 0.25) is 0 Å². The first-order valence-electron chi connectivity index (χ1n) is 8.27. The number of nitrogens with zero attached hydrogens (tertiary/aromatic N) is 2. The summed E-state index contributed by atoms with van der Waals surface area (Å²) in [6.07, 6.45) is 5.53. The molecule has 0 saturated heterocycles. The number of nitrogens with one attached hydrogen (secondary N) is 2. The van der Waals surface area contributed by atoms with Crippen LogP contribution in [0.1, 0.15) is 43.0 Å². The molecule has 24 heavy (non-hydrogen) atoms. The Morgan fingerprint density at radius 1 is 1.29 bits per heavy atom. The molecule has 1 aromatic heterocycles. The maximum absolute atomic E-state index is 12.8. The van der Waals surface area contributed by atoms with Crippen LogP contribution in [0, 0.1) is 5.82 Å². The van der Waals surface area contributed by atoms with Crippen molar-refractivity contribution < 1.29 is 9.18 Å². The zero-order chi connectivity index (χ0) is 16.8. The molecule has 1 heterocycles. The number of benzene rings is 1. The minimum absolute atomic E-state index is 0.0469. The van der Waals surface area contributed by atoms with Crippen molar-refractivity contribution in [3.8, 4) is 0 Å². The fourth-order valence-electron chi connectivity index (χ4n) is 2.88. The zero-order valence-corrected chi connectivity index (χ0v) is 14.2. The third-order valence-corrected chi connectivity index (χ3v) is 5.05. The van der Waals surface area contributed by atoms with Crippen LogP contribution in [0.15, 0.2) is 29.4 Å². The van der Waals surface area contributed by atoms with E-state index in [2.05, 4.69) is 20.5 Å². The molecule has 1 aromatic carbocycles. The Morgan fingerprint density at radius 2 is 2.04 bits per heavy atom. The number of halogens is 1. The van der Waals surface area contributed by atoms with Gasteiger partial charge >= 0.3 is 0 Å². The summed E-state index contributed by atoms with van der Waals surface area (Å²) < 4.78 is 12.8. The first-order chi connectivity index (χ1) is 11.7. The molecule has 2 aromatic rings. The summed E-state index contributed by atoms with van der Waals surface area (Å²) in [4.78, 5) is 16.3. The lowest BCUT2D eigenvalue weighted by atomic mass is 10.1. The smallest absolute Gasteiger partial charge is 0.230 e. The van der Waals surface area contributed by atoms with Gasteiger partial charge < -0.3 is 5.32 Å². The summed E-state index contributed by atoms with van der Waals surface area (Å²) in [5, 5.41) is 10.7. The highest BCUT2D eigenvalue weighted by Crippen LogP contribution is 2.32. The quantitative estimate of drug-likeness (QED) is 0.755. The minimum atomic E-state index is -0.248. The first-order valence-corrected chi connectivity index (χ1v) is 9.25. The summed E-state index contributed by atoms with van der Waals surface area (Å²) in [6.45, 7) is 0.534. The standard InChI is InChI=1S/C17H21FN4OS/c18-14-7-5-12(6-8-14)9-10-19-15(23)11-24-17-20-16(21-22-17)13-3-1-2-4-13/h5-8,13H,1-4,9-11H2,(H,19,23)(H,20,21,22). The molecular formula is C17H21FN4OS. The highest BCUT2D eigenvalue weighted by molar-refractivity contribution is 7.99. The molecule has 0 bridgehead atoms. The number of aromatic nitrogens is 3. The molecule has 1 amide bonds. The molecule has 3 rings (SSSR count). The van der Waals surface area contributed by atoms with Crippen LogP contribution in [0.25, 0.3) is 0 Å². The molecule has 0 radical (unpaired) electrons. The van der Waals surface area contributed by atoms with E-state index in [1.165, 1.54) is 49.6 Å². The van der Waals surface area contributed by atoms with Gasteiger partial charge in [0.05, 0.1) is 5.75 Å². The number of rotatable bonds is 7. The van der Waals surface area contributed by atoms with Crippen LogP contribution in [0.5, 0.6) is 0 Å². The average Bonchev–Trinajstić information content (AvgIpc) is 3.26. The van der Waals surface area contributed by atoms with E-state index in [9.17, 15) is 9.18 Å².